The zero-order valence-corrected chi connectivity index (χ0v) is 13.3. The Morgan fingerprint density at radius 1 is 1.09 bits per heavy atom. The quantitative estimate of drug-likeness (QED) is 0.338. The molecule has 128 valence electrons. The lowest BCUT2D eigenvalue weighted by atomic mass is 10.1. The number of carboxylic acids is 2. The molecule has 0 aliphatic heterocycles. The smallest absolute Gasteiger partial charge is 0.328 e. The molecule has 23 heavy (non-hydrogen) atoms. The Bertz CT molecular complexity index is 486. The van der Waals surface area contributed by atoms with Gasteiger partial charge < -0.3 is 15.3 Å². The summed E-state index contributed by atoms with van der Waals surface area (Å²) in [5, 5.41) is 27.2. The summed E-state index contributed by atoms with van der Waals surface area (Å²) < 4.78 is 0. The summed E-state index contributed by atoms with van der Waals surface area (Å²) in [5.41, 5.74) is 0.914. The Morgan fingerprint density at radius 2 is 1.57 bits per heavy atom. The van der Waals surface area contributed by atoms with E-state index >= 15 is 0 Å². The van der Waals surface area contributed by atoms with Gasteiger partial charge in [0, 0.05) is 25.2 Å². The second kappa shape index (κ2) is 11.4. The largest absolute Gasteiger partial charge is 0.478 e. The third-order valence-corrected chi connectivity index (χ3v) is 2.56. The predicted molar refractivity (Wildman–Crippen MR) is 86.4 cm³/mol. The molecule has 0 aliphatic carbocycles. The number of aliphatic hydroxyl groups is 1. The van der Waals surface area contributed by atoms with E-state index in [9.17, 15) is 14.7 Å². The number of carbonyl (C=O) groups is 2. The monoisotopic (exact) mass is 324 g/mol. The van der Waals surface area contributed by atoms with Crippen molar-refractivity contribution in [3.63, 3.8) is 0 Å². The maximum atomic E-state index is 9.88. The van der Waals surface area contributed by atoms with Crippen LogP contribution in [0.3, 0.4) is 0 Å². The van der Waals surface area contributed by atoms with E-state index in [4.69, 9.17) is 16.1 Å². The number of nitrogens with two attached hydrogens (primary N) is 1. The highest BCUT2D eigenvalue weighted by molar-refractivity contribution is 5.89. The fourth-order valence-corrected chi connectivity index (χ4v) is 1.69. The van der Waals surface area contributed by atoms with Crippen LogP contribution in [-0.2, 0) is 9.59 Å². The van der Waals surface area contributed by atoms with E-state index in [1.54, 1.807) is 5.01 Å². The molecule has 0 amide bonds. The average molecular weight is 324 g/mol. The van der Waals surface area contributed by atoms with Gasteiger partial charge in [-0.2, -0.15) is 0 Å². The Balaban J connectivity index is 0.000000515. The maximum absolute atomic E-state index is 9.88. The minimum Gasteiger partial charge on any atom is -0.478 e. The molecule has 0 aliphatic rings. The number of hydrogen-bond acceptors (Lipinski definition) is 5. The topological polar surface area (TPSA) is 124 Å². The Hall–Kier alpha value is -2.22. The minimum atomic E-state index is -1.26. The normalized spacial score (nSPS) is 12.1. The van der Waals surface area contributed by atoms with Crippen LogP contribution in [0.2, 0.25) is 0 Å². The summed E-state index contributed by atoms with van der Waals surface area (Å²) in [5.74, 6) is 3.78. The Morgan fingerprint density at radius 3 is 1.96 bits per heavy atom. The van der Waals surface area contributed by atoms with Crippen LogP contribution in [0, 0.1) is 5.92 Å². The molecule has 1 rings (SSSR count). The molecule has 5 N–H and O–H groups in total. The minimum absolute atomic E-state index is 0.474. The number of hydrogen-bond donors (Lipinski definition) is 4. The van der Waals surface area contributed by atoms with Crippen LogP contribution in [0.25, 0.3) is 0 Å². The zero-order chi connectivity index (χ0) is 17.8. The van der Waals surface area contributed by atoms with Gasteiger partial charge in [0.05, 0.1) is 6.10 Å². The summed E-state index contributed by atoms with van der Waals surface area (Å²) >= 11 is 0. The fraction of sp³-hybridized carbons (Fsp3) is 0.375. The van der Waals surface area contributed by atoms with Crippen LogP contribution in [0.4, 0.5) is 0 Å². The molecule has 1 atom stereocenters. The number of carboxylic acid groups (broad SMARTS) is 2. The van der Waals surface area contributed by atoms with Gasteiger partial charge in [0.25, 0.3) is 0 Å². The highest BCUT2D eigenvalue weighted by Crippen LogP contribution is 2.12. The summed E-state index contributed by atoms with van der Waals surface area (Å²) in [4.78, 5) is 19.1. The third kappa shape index (κ3) is 12.0. The van der Waals surface area contributed by atoms with E-state index in [2.05, 4.69) is 13.8 Å². The second-order valence-corrected chi connectivity index (χ2v) is 5.28. The molecule has 7 heteroatoms. The van der Waals surface area contributed by atoms with E-state index in [0.29, 0.717) is 24.6 Å². The molecule has 0 radical (unpaired) electrons. The Labute approximate surface area is 135 Å². The van der Waals surface area contributed by atoms with Crippen molar-refractivity contribution >= 4 is 11.9 Å². The van der Waals surface area contributed by atoms with Crippen LogP contribution in [0.15, 0.2) is 42.5 Å². The molecule has 0 saturated heterocycles. The standard InChI is InChI=1S/C12H20N2O.C4H4O4/c1-10(2)8-14(13)9-12(15)11-6-4-3-5-7-11;5-3(6)1-2-4(7)8/h3-7,10,12,15H,8-9,13H2,1-2H3;1-2H,(H,5,6)(H,7,8)/b;2-1+. The molecule has 0 bridgehead atoms. The molecule has 0 aromatic heterocycles. The van der Waals surface area contributed by atoms with Gasteiger partial charge in [0.1, 0.15) is 0 Å². The lowest BCUT2D eigenvalue weighted by molar-refractivity contribution is -0.134. The molecular formula is C16H24N2O5. The number of aliphatic hydroxyl groups excluding tert-OH is 1. The van der Waals surface area contributed by atoms with Gasteiger partial charge in [-0.25, -0.2) is 14.6 Å². The van der Waals surface area contributed by atoms with Gasteiger partial charge in [-0.15, -0.1) is 0 Å². The van der Waals surface area contributed by atoms with Crippen LogP contribution in [0.5, 0.6) is 0 Å². The van der Waals surface area contributed by atoms with Gasteiger partial charge in [-0.05, 0) is 11.5 Å². The van der Waals surface area contributed by atoms with Crippen LogP contribution >= 0.6 is 0 Å². The first-order valence-corrected chi connectivity index (χ1v) is 7.09. The lowest BCUT2D eigenvalue weighted by Crippen LogP contribution is -2.37. The van der Waals surface area contributed by atoms with Crippen molar-refractivity contribution in [3.05, 3.63) is 48.0 Å². The van der Waals surface area contributed by atoms with Gasteiger partial charge in [0.15, 0.2) is 0 Å². The zero-order valence-electron chi connectivity index (χ0n) is 13.3. The van der Waals surface area contributed by atoms with Gasteiger partial charge >= 0.3 is 11.9 Å². The summed E-state index contributed by atoms with van der Waals surface area (Å²) in [7, 11) is 0. The second-order valence-electron chi connectivity index (χ2n) is 5.28. The lowest BCUT2D eigenvalue weighted by Gasteiger charge is -2.21. The third-order valence-electron chi connectivity index (χ3n) is 2.56. The molecule has 0 heterocycles. The Kier molecular flexibility index (Phi) is 10.3. The molecular weight excluding hydrogens is 300 g/mol. The van der Waals surface area contributed by atoms with Crippen LogP contribution in [-0.4, -0.2) is 45.4 Å². The highest BCUT2D eigenvalue weighted by Gasteiger charge is 2.11. The van der Waals surface area contributed by atoms with Crippen molar-refractivity contribution in [2.75, 3.05) is 13.1 Å². The van der Waals surface area contributed by atoms with Crippen LogP contribution in [0.1, 0.15) is 25.5 Å². The first-order valence-electron chi connectivity index (χ1n) is 7.09. The van der Waals surface area contributed by atoms with E-state index in [1.807, 2.05) is 30.3 Å². The van der Waals surface area contributed by atoms with Crippen LogP contribution < -0.4 is 5.84 Å². The molecule has 1 aromatic carbocycles. The number of nitrogens with zero attached hydrogens (tertiary/aromatic N) is 1. The van der Waals surface area contributed by atoms with E-state index in [-0.39, 0.29) is 0 Å². The first kappa shape index (κ1) is 20.8. The summed E-state index contributed by atoms with van der Waals surface area (Å²) in [6.45, 7) is 5.48. The number of rotatable bonds is 7. The van der Waals surface area contributed by atoms with Crippen molar-refractivity contribution in [2.45, 2.75) is 20.0 Å². The van der Waals surface area contributed by atoms with E-state index < -0.39 is 18.0 Å². The average Bonchev–Trinajstić information content (AvgIpc) is 2.45. The number of hydrazine groups is 1. The van der Waals surface area contributed by atoms with Crippen molar-refractivity contribution in [3.8, 4) is 0 Å². The SMILES string of the molecule is CC(C)CN(N)CC(O)c1ccccc1.O=C(O)/C=C/C(=O)O. The molecule has 1 aromatic rings. The van der Waals surface area contributed by atoms with Gasteiger partial charge in [0.2, 0.25) is 0 Å². The first-order chi connectivity index (χ1) is 10.7. The molecule has 7 nitrogen and oxygen atoms in total. The molecule has 0 fully saturated rings. The van der Waals surface area contributed by atoms with Crippen molar-refractivity contribution in [2.24, 2.45) is 11.8 Å². The molecule has 0 spiro atoms. The maximum Gasteiger partial charge on any atom is 0.328 e. The number of aliphatic carboxylic acids is 2. The fourth-order valence-electron chi connectivity index (χ4n) is 1.69. The van der Waals surface area contributed by atoms with Crippen molar-refractivity contribution < 1.29 is 24.9 Å². The van der Waals surface area contributed by atoms with Crippen molar-refractivity contribution in [1.82, 2.24) is 5.01 Å². The van der Waals surface area contributed by atoms with Gasteiger partial charge in [-0.3, -0.25) is 5.84 Å². The van der Waals surface area contributed by atoms with Gasteiger partial charge in [-0.1, -0.05) is 44.2 Å². The van der Waals surface area contributed by atoms with Crippen molar-refractivity contribution in [1.29, 1.82) is 0 Å². The predicted octanol–water partition coefficient (Wildman–Crippen LogP) is 1.26. The summed E-state index contributed by atoms with van der Waals surface area (Å²) in [6.07, 6.45) is 0.611. The van der Waals surface area contributed by atoms with E-state index in [1.165, 1.54) is 0 Å². The molecule has 1 unspecified atom stereocenters. The number of benzene rings is 1. The summed E-state index contributed by atoms with van der Waals surface area (Å²) in [6, 6.07) is 9.59. The highest BCUT2D eigenvalue weighted by atomic mass is 16.4. The molecule has 0 saturated carbocycles. The van der Waals surface area contributed by atoms with E-state index in [0.717, 1.165) is 12.1 Å².